The molecule has 0 amide bonds. The molecule has 128 valence electrons. The summed E-state index contributed by atoms with van der Waals surface area (Å²) in [7, 11) is 4.60. The highest BCUT2D eigenvalue weighted by molar-refractivity contribution is 7.99. The van der Waals surface area contributed by atoms with Gasteiger partial charge < -0.3 is 9.47 Å². The second-order valence-corrected chi connectivity index (χ2v) is 6.16. The van der Waals surface area contributed by atoms with Crippen molar-refractivity contribution in [2.75, 3.05) is 20.0 Å². The first-order chi connectivity index (χ1) is 11.5. The minimum Gasteiger partial charge on any atom is -0.497 e. The van der Waals surface area contributed by atoms with E-state index in [1.165, 1.54) is 23.4 Å². The van der Waals surface area contributed by atoms with Crippen LogP contribution in [0.25, 0.3) is 0 Å². The zero-order chi connectivity index (χ0) is 17.7. The number of ether oxygens (including phenoxy) is 2. The van der Waals surface area contributed by atoms with E-state index >= 15 is 0 Å². The molecule has 1 aromatic heterocycles. The van der Waals surface area contributed by atoms with Crippen molar-refractivity contribution in [2.24, 2.45) is 7.05 Å². The molecule has 0 radical (unpaired) electrons. The van der Waals surface area contributed by atoms with Crippen molar-refractivity contribution < 1.29 is 14.3 Å². The van der Waals surface area contributed by atoms with Crippen molar-refractivity contribution in [1.82, 2.24) is 9.55 Å². The van der Waals surface area contributed by atoms with Crippen LogP contribution in [0.3, 0.4) is 0 Å². The van der Waals surface area contributed by atoms with Crippen LogP contribution >= 0.6 is 11.8 Å². The van der Waals surface area contributed by atoms with Crippen LogP contribution in [-0.2, 0) is 23.0 Å². The van der Waals surface area contributed by atoms with Gasteiger partial charge in [0.1, 0.15) is 5.75 Å². The van der Waals surface area contributed by atoms with Crippen LogP contribution in [0.1, 0.15) is 16.8 Å². The van der Waals surface area contributed by atoms with Crippen LogP contribution in [0.4, 0.5) is 0 Å². The SMILES string of the molecule is COC(=O)CSc1nc(C)c(Cc2cccc(OC)c2)c(=O)n1C. The zero-order valence-electron chi connectivity index (χ0n) is 14.2. The van der Waals surface area contributed by atoms with Crippen molar-refractivity contribution >= 4 is 17.7 Å². The lowest BCUT2D eigenvalue weighted by Gasteiger charge is -2.12. The number of nitrogens with zero attached hydrogens (tertiary/aromatic N) is 2. The van der Waals surface area contributed by atoms with Crippen LogP contribution in [0.15, 0.2) is 34.2 Å². The number of aromatic nitrogens is 2. The molecule has 0 atom stereocenters. The molecule has 0 aliphatic heterocycles. The number of benzene rings is 1. The summed E-state index contributed by atoms with van der Waals surface area (Å²) in [5, 5.41) is 0.497. The maximum absolute atomic E-state index is 12.6. The van der Waals surface area contributed by atoms with E-state index in [-0.39, 0.29) is 17.3 Å². The molecule has 0 spiro atoms. The number of methoxy groups -OCH3 is 2. The third-order valence-electron chi connectivity index (χ3n) is 3.61. The highest BCUT2D eigenvalue weighted by atomic mass is 32.2. The van der Waals surface area contributed by atoms with Gasteiger partial charge in [-0.2, -0.15) is 0 Å². The average Bonchev–Trinajstić information content (AvgIpc) is 2.60. The Morgan fingerprint density at radius 3 is 2.75 bits per heavy atom. The number of carbonyl (C=O) groups is 1. The summed E-state index contributed by atoms with van der Waals surface area (Å²) in [4.78, 5) is 28.4. The van der Waals surface area contributed by atoms with Gasteiger partial charge in [0.2, 0.25) is 0 Å². The summed E-state index contributed by atoms with van der Waals surface area (Å²) in [6.45, 7) is 1.80. The van der Waals surface area contributed by atoms with Gasteiger partial charge in [-0.25, -0.2) is 4.98 Å². The molecule has 0 fully saturated rings. The van der Waals surface area contributed by atoms with Crippen LogP contribution < -0.4 is 10.3 Å². The second-order valence-electron chi connectivity index (χ2n) is 5.22. The van der Waals surface area contributed by atoms with Crippen molar-refractivity contribution in [3.8, 4) is 5.75 Å². The van der Waals surface area contributed by atoms with E-state index < -0.39 is 0 Å². The Kier molecular flexibility index (Phi) is 6.03. The number of carbonyl (C=O) groups excluding carboxylic acids is 1. The Bertz CT molecular complexity index is 802. The third-order valence-corrected chi connectivity index (χ3v) is 4.62. The maximum Gasteiger partial charge on any atom is 0.316 e. The van der Waals surface area contributed by atoms with Gasteiger partial charge in [0.15, 0.2) is 5.16 Å². The lowest BCUT2D eigenvalue weighted by Crippen LogP contribution is -2.26. The number of hydrogen-bond acceptors (Lipinski definition) is 6. The van der Waals surface area contributed by atoms with Gasteiger partial charge >= 0.3 is 5.97 Å². The molecule has 0 saturated heterocycles. The topological polar surface area (TPSA) is 70.4 Å². The quantitative estimate of drug-likeness (QED) is 0.451. The molecular weight excluding hydrogens is 328 g/mol. The van der Waals surface area contributed by atoms with E-state index in [4.69, 9.17) is 4.74 Å². The number of thioether (sulfide) groups is 1. The predicted octanol–water partition coefficient (Wildman–Crippen LogP) is 1.95. The number of hydrogen-bond donors (Lipinski definition) is 0. The van der Waals surface area contributed by atoms with Crippen molar-refractivity contribution in [3.05, 3.63) is 51.4 Å². The van der Waals surface area contributed by atoms with Crippen LogP contribution in [0.5, 0.6) is 5.75 Å². The Balaban J connectivity index is 2.30. The van der Waals surface area contributed by atoms with E-state index in [1.54, 1.807) is 21.1 Å². The molecule has 2 aromatic rings. The normalized spacial score (nSPS) is 10.5. The molecule has 7 heteroatoms. The zero-order valence-corrected chi connectivity index (χ0v) is 15.0. The summed E-state index contributed by atoms with van der Waals surface area (Å²) in [6, 6.07) is 7.60. The smallest absolute Gasteiger partial charge is 0.316 e. The Morgan fingerprint density at radius 2 is 2.08 bits per heavy atom. The van der Waals surface area contributed by atoms with E-state index in [9.17, 15) is 9.59 Å². The fourth-order valence-electron chi connectivity index (χ4n) is 2.23. The Labute approximate surface area is 144 Å². The molecule has 24 heavy (non-hydrogen) atoms. The van der Waals surface area contributed by atoms with Crippen LogP contribution in [-0.4, -0.2) is 35.5 Å². The Hall–Kier alpha value is -2.28. The molecule has 2 rings (SSSR count). The summed E-state index contributed by atoms with van der Waals surface area (Å²) in [5.74, 6) is 0.512. The van der Waals surface area contributed by atoms with Gasteiger partial charge in [0, 0.05) is 24.7 Å². The lowest BCUT2D eigenvalue weighted by atomic mass is 10.0. The highest BCUT2D eigenvalue weighted by Crippen LogP contribution is 2.18. The van der Waals surface area contributed by atoms with E-state index in [2.05, 4.69) is 9.72 Å². The van der Waals surface area contributed by atoms with E-state index in [0.717, 1.165) is 11.3 Å². The minimum absolute atomic E-state index is 0.113. The first kappa shape index (κ1) is 18.1. The monoisotopic (exact) mass is 348 g/mol. The number of aryl methyl sites for hydroxylation is 1. The van der Waals surface area contributed by atoms with Crippen molar-refractivity contribution in [3.63, 3.8) is 0 Å². The average molecular weight is 348 g/mol. The van der Waals surface area contributed by atoms with E-state index in [0.29, 0.717) is 22.8 Å². The molecule has 0 unspecified atom stereocenters. The molecule has 1 heterocycles. The largest absolute Gasteiger partial charge is 0.497 e. The number of esters is 1. The standard InChI is InChI=1S/C17H20N2O4S/c1-11-14(9-12-6-5-7-13(8-12)22-3)16(21)19(2)17(18-11)24-10-15(20)23-4/h5-8H,9-10H2,1-4H3. The second kappa shape index (κ2) is 8.01. The lowest BCUT2D eigenvalue weighted by molar-refractivity contribution is -0.137. The molecule has 0 aliphatic rings. The Morgan fingerprint density at radius 1 is 1.33 bits per heavy atom. The van der Waals surface area contributed by atoms with Crippen LogP contribution in [0, 0.1) is 6.92 Å². The molecular formula is C17H20N2O4S. The van der Waals surface area contributed by atoms with E-state index in [1.807, 2.05) is 24.3 Å². The molecule has 0 N–H and O–H groups in total. The molecule has 1 aromatic carbocycles. The number of rotatable bonds is 6. The van der Waals surface area contributed by atoms with Gasteiger partial charge in [0.25, 0.3) is 5.56 Å². The molecule has 0 saturated carbocycles. The predicted molar refractivity (Wildman–Crippen MR) is 92.8 cm³/mol. The van der Waals surface area contributed by atoms with Crippen LogP contribution in [0.2, 0.25) is 0 Å². The summed E-state index contributed by atoms with van der Waals surface area (Å²) < 4.78 is 11.3. The van der Waals surface area contributed by atoms with Gasteiger partial charge in [-0.3, -0.25) is 14.2 Å². The fourth-order valence-corrected chi connectivity index (χ4v) is 3.07. The highest BCUT2D eigenvalue weighted by Gasteiger charge is 2.14. The third kappa shape index (κ3) is 4.17. The first-order valence-corrected chi connectivity index (χ1v) is 8.34. The van der Waals surface area contributed by atoms with Crippen molar-refractivity contribution in [1.29, 1.82) is 0 Å². The van der Waals surface area contributed by atoms with Gasteiger partial charge in [0.05, 0.1) is 20.0 Å². The molecule has 6 nitrogen and oxygen atoms in total. The molecule has 0 aliphatic carbocycles. The summed E-state index contributed by atoms with van der Waals surface area (Å²) >= 11 is 1.19. The summed E-state index contributed by atoms with van der Waals surface area (Å²) in [6.07, 6.45) is 0.477. The van der Waals surface area contributed by atoms with Gasteiger partial charge in [-0.15, -0.1) is 0 Å². The van der Waals surface area contributed by atoms with Gasteiger partial charge in [-0.05, 0) is 24.6 Å². The maximum atomic E-state index is 12.6. The first-order valence-electron chi connectivity index (χ1n) is 7.35. The minimum atomic E-state index is -0.354. The van der Waals surface area contributed by atoms with Crippen molar-refractivity contribution in [2.45, 2.75) is 18.5 Å². The molecule has 0 bridgehead atoms. The fraction of sp³-hybridized carbons (Fsp3) is 0.353. The van der Waals surface area contributed by atoms with Gasteiger partial charge in [-0.1, -0.05) is 23.9 Å². The summed E-state index contributed by atoms with van der Waals surface area (Å²) in [5.41, 5.74) is 2.16.